The maximum Gasteiger partial charge on any atom is 0.264 e. The average molecular weight is 276 g/mol. The van der Waals surface area contributed by atoms with Gasteiger partial charge in [-0.15, -0.1) is 11.3 Å². The summed E-state index contributed by atoms with van der Waals surface area (Å²) in [7, 11) is 0. The molecule has 19 heavy (non-hydrogen) atoms. The fourth-order valence-electron chi connectivity index (χ4n) is 1.52. The van der Waals surface area contributed by atoms with Crippen LogP contribution in [0.2, 0.25) is 0 Å². The number of rotatable bonds is 4. The number of aromatic nitrogens is 1. The number of amides is 1. The molecule has 0 aliphatic heterocycles. The lowest BCUT2D eigenvalue weighted by Crippen LogP contribution is -2.20. The Kier molecular flexibility index (Phi) is 4.16. The van der Waals surface area contributed by atoms with Gasteiger partial charge in [-0.25, -0.2) is 4.98 Å². The van der Waals surface area contributed by atoms with Crippen LogP contribution in [0.1, 0.15) is 16.8 Å². The largest absolute Gasteiger partial charge is 0.484 e. The number of nitrogens with one attached hydrogen (secondary N) is 1. The molecule has 1 amide bonds. The summed E-state index contributed by atoms with van der Waals surface area (Å²) in [6.45, 7) is 5.93. The Bertz CT molecular complexity index is 593. The van der Waals surface area contributed by atoms with E-state index >= 15 is 0 Å². The molecule has 0 saturated carbocycles. The van der Waals surface area contributed by atoms with Crippen LogP contribution in [0.4, 0.5) is 5.13 Å². The lowest BCUT2D eigenvalue weighted by atomic mass is 10.1. The van der Waals surface area contributed by atoms with Crippen LogP contribution in [-0.2, 0) is 4.79 Å². The first-order valence-electron chi connectivity index (χ1n) is 5.96. The molecule has 5 heteroatoms. The van der Waals surface area contributed by atoms with Gasteiger partial charge in [0.25, 0.3) is 5.91 Å². The lowest BCUT2D eigenvalue weighted by molar-refractivity contribution is -0.118. The van der Waals surface area contributed by atoms with E-state index in [9.17, 15) is 4.79 Å². The van der Waals surface area contributed by atoms with E-state index in [1.807, 2.05) is 44.4 Å². The molecule has 0 unspecified atom stereocenters. The van der Waals surface area contributed by atoms with Gasteiger partial charge in [-0.05, 0) is 44.0 Å². The van der Waals surface area contributed by atoms with Crippen LogP contribution in [0.5, 0.6) is 5.75 Å². The van der Waals surface area contributed by atoms with Crippen molar-refractivity contribution in [2.75, 3.05) is 11.9 Å². The topological polar surface area (TPSA) is 51.2 Å². The minimum absolute atomic E-state index is 0.0128. The molecule has 0 aliphatic carbocycles. The number of anilines is 1. The van der Waals surface area contributed by atoms with Crippen molar-refractivity contribution in [3.8, 4) is 5.75 Å². The fourth-order valence-corrected chi connectivity index (χ4v) is 2.22. The van der Waals surface area contributed by atoms with Gasteiger partial charge in [0.05, 0.1) is 5.69 Å². The Balaban J connectivity index is 1.88. The van der Waals surface area contributed by atoms with Crippen molar-refractivity contribution in [2.45, 2.75) is 20.8 Å². The maximum atomic E-state index is 11.7. The van der Waals surface area contributed by atoms with Crippen molar-refractivity contribution in [1.82, 2.24) is 4.98 Å². The molecule has 1 heterocycles. The molecule has 2 aromatic rings. The smallest absolute Gasteiger partial charge is 0.264 e. The molecule has 1 aromatic heterocycles. The highest BCUT2D eigenvalue weighted by molar-refractivity contribution is 7.13. The summed E-state index contributed by atoms with van der Waals surface area (Å²) in [6, 6.07) is 5.77. The van der Waals surface area contributed by atoms with E-state index in [2.05, 4.69) is 10.3 Å². The van der Waals surface area contributed by atoms with Gasteiger partial charge in [0.2, 0.25) is 0 Å². The second-order valence-electron chi connectivity index (χ2n) is 4.38. The second-order valence-corrected chi connectivity index (χ2v) is 5.24. The molecule has 100 valence electrons. The molecule has 0 fully saturated rings. The summed E-state index contributed by atoms with van der Waals surface area (Å²) in [4.78, 5) is 15.8. The molecular weight excluding hydrogens is 260 g/mol. The maximum absolute atomic E-state index is 11.7. The van der Waals surface area contributed by atoms with Crippen LogP contribution >= 0.6 is 11.3 Å². The van der Waals surface area contributed by atoms with E-state index in [4.69, 9.17) is 4.74 Å². The third-order valence-electron chi connectivity index (χ3n) is 2.71. The highest BCUT2D eigenvalue weighted by Crippen LogP contribution is 2.17. The van der Waals surface area contributed by atoms with Crippen LogP contribution in [-0.4, -0.2) is 17.5 Å². The van der Waals surface area contributed by atoms with Crippen LogP contribution < -0.4 is 10.1 Å². The van der Waals surface area contributed by atoms with E-state index < -0.39 is 0 Å². The Hall–Kier alpha value is -1.88. The molecule has 0 aliphatic rings. The number of benzene rings is 1. The minimum Gasteiger partial charge on any atom is -0.484 e. The first-order valence-corrected chi connectivity index (χ1v) is 6.84. The van der Waals surface area contributed by atoms with Crippen LogP contribution in [0, 0.1) is 20.8 Å². The normalized spacial score (nSPS) is 10.3. The number of nitrogens with zero attached hydrogens (tertiary/aromatic N) is 1. The van der Waals surface area contributed by atoms with Crippen LogP contribution in [0.15, 0.2) is 23.6 Å². The molecule has 4 nitrogen and oxygen atoms in total. The number of aryl methyl sites for hydroxylation is 3. The Morgan fingerprint density at radius 1 is 1.32 bits per heavy atom. The molecule has 1 aromatic carbocycles. The van der Waals surface area contributed by atoms with Gasteiger partial charge < -0.3 is 4.74 Å². The molecule has 0 atom stereocenters. The van der Waals surface area contributed by atoms with E-state index in [1.165, 1.54) is 16.9 Å². The third-order valence-corrected chi connectivity index (χ3v) is 3.59. The number of carbonyl (C=O) groups excluding carboxylic acids is 1. The summed E-state index contributed by atoms with van der Waals surface area (Å²) >= 11 is 1.41. The number of thiazole rings is 1. The Morgan fingerprint density at radius 2 is 2.11 bits per heavy atom. The number of hydrogen-bond donors (Lipinski definition) is 1. The van der Waals surface area contributed by atoms with Gasteiger partial charge in [0.15, 0.2) is 11.7 Å². The first-order chi connectivity index (χ1) is 9.04. The monoisotopic (exact) mass is 276 g/mol. The molecule has 0 bridgehead atoms. The van der Waals surface area contributed by atoms with E-state index in [0.29, 0.717) is 10.9 Å². The first kappa shape index (κ1) is 13.5. The molecule has 0 saturated heterocycles. The highest BCUT2D eigenvalue weighted by atomic mass is 32.1. The summed E-state index contributed by atoms with van der Waals surface area (Å²) in [5.74, 6) is 0.501. The van der Waals surface area contributed by atoms with E-state index in [-0.39, 0.29) is 12.5 Å². The summed E-state index contributed by atoms with van der Waals surface area (Å²) in [5.41, 5.74) is 3.25. The zero-order valence-corrected chi connectivity index (χ0v) is 12.0. The number of hydrogen-bond acceptors (Lipinski definition) is 4. The van der Waals surface area contributed by atoms with Crippen LogP contribution in [0.3, 0.4) is 0 Å². The highest BCUT2D eigenvalue weighted by Gasteiger charge is 2.06. The number of carbonyl (C=O) groups is 1. The van der Waals surface area contributed by atoms with Gasteiger partial charge >= 0.3 is 0 Å². The van der Waals surface area contributed by atoms with Crippen molar-refractivity contribution in [1.29, 1.82) is 0 Å². The van der Waals surface area contributed by atoms with Crippen LogP contribution in [0.25, 0.3) is 0 Å². The fraction of sp³-hybridized carbons (Fsp3) is 0.286. The SMILES string of the molecule is Cc1csc(NC(=O)COc2ccc(C)c(C)c2)n1. The van der Waals surface area contributed by atoms with Crippen molar-refractivity contribution in [3.05, 3.63) is 40.4 Å². The number of ether oxygens (including phenoxy) is 1. The molecule has 2 rings (SSSR count). The minimum atomic E-state index is -0.201. The van der Waals surface area contributed by atoms with Crippen molar-refractivity contribution in [2.24, 2.45) is 0 Å². The molecular formula is C14H16N2O2S. The molecule has 0 spiro atoms. The summed E-state index contributed by atoms with van der Waals surface area (Å²) < 4.78 is 5.45. The van der Waals surface area contributed by atoms with Gasteiger partial charge in [-0.2, -0.15) is 0 Å². The predicted octanol–water partition coefficient (Wildman–Crippen LogP) is 3.09. The van der Waals surface area contributed by atoms with Gasteiger partial charge in [0.1, 0.15) is 5.75 Å². The second kappa shape index (κ2) is 5.84. The zero-order valence-electron chi connectivity index (χ0n) is 11.2. The van der Waals surface area contributed by atoms with Gasteiger partial charge in [0, 0.05) is 5.38 Å². The predicted molar refractivity (Wildman–Crippen MR) is 76.9 cm³/mol. The van der Waals surface area contributed by atoms with Crippen molar-refractivity contribution >= 4 is 22.4 Å². The van der Waals surface area contributed by atoms with Crippen molar-refractivity contribution in [3.63, 3.8) is 0 Å². The molecule has 0 radical (unpaired) electrons. The third kappa shape index (κ3) is 3.79. The summed E-state index contributed by atoms with van der Waals surface area (Å²) in [5, 5.41) is 5.19. The lowest BCUT2D eigenvalue weighted by Gasteiger charge is -2.07. The zero-order chi connectivity index (χ0) is 13.8. The van der Waals surface area contributed by atoms with E-state index in [1.54, 1.807) is 0 Å². The Morgan fingerprint density at radius 3 is 2.74 bits per heavy atom. The molecule has 1 N–H and O–H groups in total. The summed E-state index contributed by atoms with van der Waals surface area (Å²) in [6.07, 6.45) is 0. The van der Waals surface area contributed by atoms with Gasteiger partial charge in [-0.3, -0.25) is 10.1 Å². The van der Waals surface area contributed by atoms with Gasteiger partial charge in [-0.1, -0.05) is 6.07 Å². The average Bonchev–Trinajstić information content (AvgIpc) is 2.76. The van der Waals surface area contributed by atoms with E-state index in [0.717, 1.165) is 11.3 Å². The van der Waals surface area contributed by atoms with Crippen molar-refractivity contribution < 1.29 is 9.53 Å². The Labute approximate surface area is 116 Å². The standard InChI is InChI=1S/C14H16N2O2S/c1-9-4-5-12(6-10(9)2)18-7-13(17)16-14-15-11(3)8-19-14/h4-6,8H,7H2,1-3H3,(H,15,16,17). The quantitative estimate of drug-likeness (QED) is 0.933.